The Morgan fingerprint density at radius 2 is 1.57 bits per heavy atom. The summed E-state index contributed by atoms with van der Waals surface area (Å²) >= 11 is 0. The van der Waals surface area contributed by atoms with Crippen molar-refractivity contribution in [2.45, 2.75) is 0 Å². The quantitative estimate of drug-likeness (QED) is 0.824. The van der Waals surface area contributed by atoms with Gasteiger partial charge in [0.2, 0.25) is 0 Å². The summed E-state index contributed by atoms with van der Waals surface area (Å²) in [4.78, 5) is 23.5. The highest BCUT2D eigenvalue weighted by atomic mass is 19.1. The average Bonchev–Trinajstić information content (AvgIpc) is 2.53. The number of hydrogen-bond acceptors (Lipinski definition) is 3. The lowest BCUT2D eigenvalue weighted by atomic mass is 10.1. The fraction of sp³-hybridized carbons (Fsp3) is 0. The molecule has 2 N–H and O–H groups in total. The van der Waals surface area contributed by atoms with E-state index in [2.05, 4.69) is 10.9 Å². The highest BCUT2D eigenvalue weighted by molar-refractivity contribution is 5.99. The number of benzene rings is 2. The monoisotopic (exact) mass is 283 g/mol. The van der Waals surface area contributed by atoms with Crippen LogP contribution in [0, 0.1) is 17.1 Å². The van der Waals surface area contributed by atoms with Crippen molar-refractivity contribution < 1.29 is 14.0 Å². The summed E-state index contributed by atoms with van der Waals surface area (Å²) in [5.74, 6) is -1.58. The molecule has 6 heteroatoms. The molecule has 0 saturated heterocycles. The van der Waals surface area contributed by atoms with E-state index in [1.807, 2.05) is 6.07 Å². The molecule has 0 spiro atoms. The van der Waals surface area contributed by atoms with Crippen molar-refractivity contribution in [1.29, 1.82) is 5.26 Å². The van der Waals surface area contributed by atoms with Crippen LogP contribution in [0.25, 0.3) is 0 Å². The molecule has 5 nitrogen and oxygen atoms in total. The summed E-state index contributed by atoms with van der Waals surface area (Å²) in [5, 5.41) is 8.75. The molecule has 0 fully saturated rings. The van der Waals surface area contributed by atoms with E-state index in [4.69, 9.17) is 5.26 Å². The van der Waals surface area contributed by atoms with Gasteiger partial charge in [0.05, 0.1) is 11.6 Å². The molecule has 0 aliphatic heterocycles. The summed E-state index contributed by atoms with van der Waals surface area (Å²) < 4.78 is 12.7. The third-order valence-electron chi connectivity index (χ3n) is 2.65. The molecule has 0 aliphatic rings. The van der Waals surface area contributed by atoms with Crippen LogP contribution in [0.2, 0.25) is 0 Å². The number of hydrazine groups is 1. The number of nitriles is 1. The molecule has 0 aromatic heterocycles. The number of halogens is 1. The second-order valence-electron chi connectivity index (χ2n) is 4.11. The molecule has 0 unspecified atom stereocenters. The average molecular weight is 283 g/mol. The second kappa shape index (κ2) is 6.30. The summed E-state index contributed by atoms with van der Waals surface area (Å²) in [6.07, 6.45) is 0. The van der Waals surface area contributed by atoms with Gasteiger partial charge in [-0.05, 0) is 42.5 Å². The first-order valence-corrected chi connectivity index (χ1v) is 5.96. The fourth-order valence-corrected chi connectivity index (χ4v) is 1.59. The van der Waals surface area contributed by atoms with Gasteiger partial charge in [0.25, 0.3) is 11.8 Å². The number of hydrogen-bond donors (Lipinski definition) is 2. The van der Waals surface area contributed by atoms with Gasteiger partial charge >= 0.3 is 0 Å². The minimum atomic E-state index is -0.570. The van der Waals surface area contributed by atoms with Crippen molar-refractivity contribution in [3.05, 3.63) is 71.0 Å². The Labute approximate surface area is 120 Å². The Bertz CT molecular complexity index is 720. The van der Waals surface area contributed by atoms with Crippen LogP contribution in [0.3, 0.4) is 0 Å². The molecule has 2 aromatic carbocycles. The molecule has 0 saturated carbocycles. The number of nitrogens with one attached hydrogen (secondary N) is 2. The van der Waals surface area contributed by atoms with Crippen molar-refractivity contribution in [2.75, 3.05) is 0 Å². The van der Waals surface area contributed by atoms with Crippen molar-refractivity contribution in [2.24, 2.45) is 0 Å². The van der Waals surface area contributed by atoms with Crippen LogP contribution in [0.5, 0.6) is 0 Å². The Balaban J connectivity index is 1.99. The molecule has 0 radical (unpaired) electrons. The van der Waals surface area contributed by atoms with Crippen molar-refractivity contribution >= 4 is 11.8 Å². The van der Waals surface area contributed by atoms with E-state index >= 15 is 0 Å². The van der Waals surface area contributed by atoms with Crippen LogP contribution in [0.1, 0.15) is 26.3 Å². The van der Waals surface area contributed by atoms with Crippen molar-refractivity contribution in [1.82, 2.24) is 10.9 Å². The van der Waals surface area contributed by atoms with E-state index < -0.39 is 17.6 Å². The van der Waals surface area contributed by atoms with Gasteiger partial charge in [-0.1, -0.05) is 6.07 Å². The number of nitrogens with zero attached hydrogens (tertiary/aromatic N) is 1. The summed E-state index contributed by atoms with van der Waals surface area (Å²) in [5.41, 5.74) is 5.23. The standard InChI is InChI=1S/C15H10FN3O2/c16-13-6-4-11(5-7-13)14(20)18-19-15(21)12-3-1-2-10(8-12)9-17/h1-8H,(H,18,20)(H,19,21). The van der Waals surface area contributed by atoms with Gasteiger partial charge < -0.3 is 0 Å². The molecule has 2 rings (SSSR count). The molecule has 0 bridgehead atoms. The van der Waals surface area contributed by atoms with Crippen LogP contribution in [-0.4, -0.2) is 11.8 Å². The summed E-state index contributed by atoms with van der Waals surface area (Å²) in [6.45, 7) is 0. The Morgan fingerprint density at radius 3 is 2.19 bits per heavy atom. The maximum atomic E-state index is 12.7. The zero-order valence-electron chi connectivity index (χ0n) is 10.8. The van der Waals surface area contributed by atoms with E-state index in [9.17, 15) is 14.0 Å². The van der Waals surface area contributed by atoms with Crippen LogP contribution in [0.15, 0.2) is 48.5 Å². The molecule has 0 atom stereocenters. The van der Waals surface area contributed by atoms with E-state index in [1.165, 1.54) is 24.3 Å². The molecule has 2 amide bonds. The first-order chi connectivity index (χ1) is 10.1. The summed E-state index contributed by atoms with van der Waals surface area (Å²) in [7, 11) is 0. The van der Waals surface area contributed by atoms with Gasteiger partial charge in [0.1, 0.15) is 5.82 Å². The largest absolute Gasteiger partial charge is 0.269 e. The molecular formula is C15H10FN3O2. The molecule has 0 aliphatic carbocycles. The highest BCUT2D eigenvalue weighted by Crippen LogP contribution is 2.04. The maximum absolute atomic E-state index is 12.7. The van der Waals surface area contributed by atoms with E-state index in [-0.39, 0.29) is 11.1 Å². The number of carbonyl (C=O) groups is 2. The number of carbonyl (C=O) groups excluding carboxylic acids is 2. The lowest BCUT2D eigenvalue weighted by Crippen LogP contribution is -2.41. The third-order valence-corrected chi connectivity index (χ3v) is 2.65. The van der Waals surface area contributed by atoms with Gasteiger partial charge in [-0.2, -0.15) is 5.26 Å². The van der Waals surface area contributed by atoms with Crippen molar-refractivity contribution in [3.8, 4) is 6.07 Å². The molecule has 2 aromatic rings. The van der Waals surface area contributed by atoms with Gasteiger partial charge in [0.15, 0.2) is 0 Å². The Kier molecular flexibility index (Phi) is 4.26. The Hall–Kier alpha value is -3.20. The highest BCUT2D eigenvalue weighted by Gasteiger charge is 2.09. The van der Waals surface area contributed by atoms with Crippen molar-refractivity contribution in [3.63, 3.8) is 0 Å². The van der Waals surface area contributed by atoms with E-state index in [0.717, 1.165) is 12.1 Å². The minimum absolute atomic E-state index is 0.211. The lowest BCUT2D eigenvalue weighted by molar-refractivity contribution is 0.0846. The van der Waals surface area contributed by atoms with Crippen LogP contribution in [-0.2, 0) is 0 Å². The van der Waals surface area contributed by atoms with Gasteiger partial charge in [-0.15, -0.1) is 0 Å². The van der Waals surface area contributed by atoms with E-state index in [0.29, 0.717) is 5.56 Å². The van der Waals surface area contributed by atoms with Gasteiger partial charge in [-0.3, -0.25) is 20.4 Å². The molecule has 0 heterocycles. The number of amides is 2. The zero-order valence-corrected chi connectivity index (χ0v) is 10.8. The first kappa shape index (κ1) is 14.2. The minimum Gasteiger partial charge on any atom is -0.267 e. The predicted octanol–water partition coefficient (Wildman–Crippen LogP) is 1.77. The second-order valence-corrected chi connectivity index (χ2v) is 4.11. The Morgan fingerprint density at radius 1 is 0.952 bits per heavy atom. The number of rotatable bonds is 2. The molecule has 104 valence electrons. The first-order valence-electron chi connectivity index (χ1n) is 5.96. The van der Waals surface area contributed by atoms with Gasteiger partial charge in [-0.25, -0.2) is 4.39 Å². The smallest absolute Gasteiger partial charge is 0.267 e. The zero-order chi connectivity index (χ0) is 15.2. The lowest BCUT2D eigenvalue weighted by Gasteiger charge is -2.07. The van der Waals surface area contributed by atoms with Gasteiger partial charge in [0, 0.05) is 11.1 Å². The van der Waals surface area contributed by atoms with Crippen LogP contribution in [0.4, 0.5) is 4.39 Å². The fourth-order valence-electron chi connectivity index (χ4n) is 1.59. The molecule has 21 heavy (non-hydrogen) atoms. The van der Waals surface area contributed by atoms with Crippen LogP contribution >= 0.6 is 0 Å². The topological polar surface area (TPSA) is 82.0 Å². The molecular weight excluding hydrogens is 273 g/mol. The predicted molar refractivity (Wildman–Crippen MR) is 72.5 cm³/mol. The SMILES string of the molecule is N#Cc1cccc(C(=O)NNC(=O)c2ccc(F)cc2)c1. The third kappa shape index (κ3) is 3.64. The van der Waals surface area contributed by atoms with E-state index in [1.54, 1.807) is 12.1 Å². The normalized spacial score (nSPS) is 9.52. The maximum Gasteiger partial charge on any atom is 0.269 e. The summed E-state index contributed by atoms with van der Waals surface area (Å²) in [6, 6.07) is 12.8. The van der Waals surface area contributed by atoms with Crippen LogP contribution < -0.4 is 10.9 Å².